The summed E-state index contributed by atoms with van der Waals surface area (Å²) in [5.74, 6) is 1.18. The van der Waals surface area contributed by atoms with Crippen LogP contribution in [0.3, 0.4) is 0 Å². The Balaban J connectivity index is 1.82. The normalized spacial score (nSPS) is 10.9. The smallest absolute Gasteiger partial charge is 0.233 e. The summed E-state index contributed by atoms with van der Waals surface area (Å²) in [4.78, 5) is 17.0. The molecule has 0 aliphatic carbocycles. The average molecular weight is 494 g/mol. The Bertz CT molecular complexity index is 1410. The number of ether oxygens (including phenoxy) is 1. The minimum Gasteiger partial charge on any atom is -0.420 e. The summed E-state index contributed by atoms with van der Waals surface area (Å²) < 4.78 is 6.18. The number of nitrogens with zero attached hydrogens (tertiary/aromatic N) is 3. The fraction of sp³-hybridized carbons (Fsp3) is 0. The molecule has 0 fully saturated rings. The second kappa shape index (κ2) is 9.24. The number of hydrogen-bond donors (Lipinski definition) is 1. The zero-order valence-electron chi connectivity index (χ0n) is 17.0. The highest BCUT2D eigenvalue weighted by Crippen LogP contribution is 2.42. The molecule has 0 spiro atoms. The van der Waals surface area contributed by atoms with E-state index >= 15 is 0 Å². The highest BCUT2D eigenvalue weighted by Gasteiger charge is 2.22. The van der Waals surface area contributed by atoms with Crippen molar-refractivity contribution < 1.29 is 4.74 Å². The van der Waals surface area contributed by atoms with Gasteiger partial charge in [-0.2, -0.15) is 4.98 Å². The number of pyridine rings is 1. The van der Waals surface area contributed by atoms with Gasteiger partial charge in [-0.3, -0.25) is 0 Å². The van der Waals surface area contributed by atoms with Gasteiger partial charge in [-0.1, -0.05) is 53.0 Å². The quantitative estimate of drug-likeness (QED) is 0.270. The summed E-state index contributed by atoms with van der Waals surface area (Å²) in [6.07, 6.45) is 3.46. The van der Waals surface area contributed by atoms with Gasteiger partial charge in [0.2, 0.25) is 11.8 Å². The van der Waals surface area contributed by atoms with Crippen molar-refractivity contribution in [1.82, 2.24) is 19.9 Å². The lowest BCUT2D eigenvalue weighted by atomic mass is 9.99. The lowest BCUT2D eigenvalue weighted by Crippen LogP contribution is -2.02. The number of nitrogens with one attached hydrogen (secondary N) is 1. The van der Waals surface area contributed by atoms with E-state index in [2.05, 4.69) is 9.97 Å². The van der Waals surface area contributed by atoms with E-state index in [0.29, 0.717) is 49.5 Å². The molecule has 0 amide bonds. The fourth-order valence-corrected chi connectivity index (χ4v) is 3.99. The van der Waals surface area contributed by atoms with E-state index < -0.39 is 0 Å². The van der Waals surface area contributed by atoms with Crippen LogP contribution in [0, 0.1) is 0 Å². The minimum atomic E-state index is 0.330. The summed E-state index contributed by atoms with van der Waals surface area (Å²) >= 11 is 18.9. The van der Waals surface area contributed by atoms with E-state index in [-0.39, 0.29) is 0 Å². The summed E-state index contributed by atoms with van der Waals surface area (Å²) in [5, 5.41) is 1.60. The van der Waals surface area contributed by atoms with Gasteiger partial charge >= 0.3 is 0 Å². The van der Waals surface area contributed by atoms with E-state index in [1.807, 2.05) is 42.5 Å². The Hall–Kier alpha value is -3.38. The Morgan fingerprint density at radius 2 is 1.61 bits per heavy atom. The van der Waals surface area contributed by atoms with Crippen molar-refractivity contribution in [3.05, 3.63) is 100 Å². The highest BCUT2D eigenvalue weighted by atomic mass is 35.5. The number of benzene rings is 2. The van der Waals surface area contributed by atoms with Gasteiger partial charge in [-0.05, 0) is 54.1 Å². The molecule has 0 saturated heterocycles. The number of aromatic nitrogens is 4. The molecule has 0 bridgehead atoms. The second-order valence-corrected chi connectivity index (χ2v) is 8.34. The van der Waals surface area contributed by atoms with Crippen molar-refractivity contribution in [3.63, 3.8) is 0 Å². The van der Waals surface area contributed by atoms with Crippen LogP contribution >= 0.6 is 34.8 Å². The molecule has 1 N–H and O–H groups in total. The molecule has 0 radical (unpaired) electrons. The van der Waals surface area contributed by atoms with Crippen molar-refractivity contribution in [2.45, 2.75) is 0 Å². The van der Waals surface area contributed by atoms with Crippen LogP contribution < -0.4 is 4.74 Å². The molecule has 3 aromatic heterocycles. The highest BCUT2D eigenvalue weighted by molar-refractivity contribution is 6.36. The number of halogens is 3. The molecule has 33 heavy (non-hydrogen) atoms. The zero-order chi connectivity index (χ0) is 22.8. The molecule has 2 aromatic carbocycles. The van der Waals surface area contributed by atoms with E-state index in [1.165, 1.54) is 0 Å². The third-order valence-electron chi connectivity index (χ3n) is 4.87. The summed E-state index contributed by atoms with van der Waals surface area (Å²) in [6.45, 7) is 0. The number of rotatable bonds is 5. The molecule has 5 aromatic rings. The molecule has 0 aliphatic rings. The first kappa shape index (κ1) is 21.5. The predicted molar refractivity (Wildman–Crippen MR) is 132 cm³/mol. The van der Waals surface area contributed by atoms with Crippen LogP contribution in [0.2, 0.25) is 15.1 Å². The van der Waals surface area contributed by atoms with E-state index in [1.54, 1.807) is 42.7 Å². The monoisotopic (exact) mass is 492 g/mol. The Morgan fingerprint density at radius 1 is 0.788 bits per heavy atom. The first-order chi connectivity index (χ1) is 16.1. The lowest BCUT2D eigenvalue weighted by molar-refractivity contribution is 0.446. The van der Waals surface area contributed by atoms with Gasteiger partial charge in [0.25, 0.3) is 0 Å². The van der Waals surface area contributed by atoms with E-state index in [9.17, 15) is 0 Å². The van der Waals surface area contributed by atoms with Crippen LogP contribution in [0.5, 0.6) is 11.8 Å². The molecular formula is C25H15Cl3N4O. The molecule has 5 nitrogen and oxygen atoms in total. The van der Waals surface area contributed by atoms with Crippen LogP contribution in [-0.2, 0) is 0 Å². The van der Waals surface area contributed by atoms with Crippen molar-refractivity contribution >= 4 is 34.8 Å². The average Bonchev–Trinajstić information content (AvgIpc) is 3.35. The van der Waals surface area contributed by atoms with Gasteiger partial charge in [0.15, 0.2) is 5.82 Å². The molecule has 5 rings (SSSR count). The van der Waals surface area contributed by atoms with E-state index in [0.717, 1.165) is 11.3 Å². The minimum absolute atomic E-state index is 0.330. The summed E-state index contributed by atoms with van der Waals surface area (Å²) in [7, 11) is 0. The molecule has 0 saturated carbocycles. The third kappa shape index (κ3) is 4.57. The summed E-state index contributed by atoms with van der Waals surface area (Å²) in [5.41, 5.74) is 3.47. The van der Waals surface area contributed by atoms with Crippen molar-refractivity contribution in [3.8, 4) is 45.7 Å². The molecular weight excluding hydrogens is 479 g/mol. The third-order valence-corrected chi connectivity index (χ3v) is 5.67. The van der Waals surface area contributed by atoms with Crippen molar-refractivity contribution in [2.75, 3.05) is 0 Å². The van der Waals surface area contributed by atoms with Gasteiger partial charge in [-0.25, -0.2) is 9.97 Å². The van der Waals surface area contributed by atoms with Crippen LogP contribution in [0.25, 0.3) is 33.9 Å². The van der Waals surface area contributed by atoms with Gasteiger partial charge in [-0.15, -0.1) is 0 Å². The van der Waals surface area contributed by atoms with Crippen LogP contribution in [0.4, 0.5) is 0 Å². The van der Waals surface area contributed by atoms with Crippen molar-refractivity contribution in [1.29, 1.82) is 0 Å². The number of H-pyrrole nitrogens is 1. The topological polar surface area (TPSA) is 63.7 Å². The fourth-order valence-electron chi connectivity index (χ4n) is 3.36. The Labute approximate surface area is 205 Å². The zero-order valence-corrected chi connectivity index (χ0v) is 19.2. The lowest BCUT2D eigenvalue weighted by Gasteiger charge is -2.16. The van der Waals surface area contributed by atoms with Crippen LogP contribution in [0.15, 0.2) is 85.2 Å². The van der Waals surface area contributed by atoms with Gasteiger partial charge < -0.3 is 9.72 Å². The summed E-state index contributed by atoms with van der Waals surface area (Å²) in [6, 6.07) is 21.8. The number of hydrogen-bond acceptors (Lipinski definition) is 4. The van der Waals surface area contributed by atoms with Crippen molar-refractivity contribution in [2.24, 2.45) is 0 Å². The molecule has 3 heterocycles. The van der Waals surface area contributed by atoms with Crippen LogP contribution in [-0.4, -0.2) is 19.9 Å². The Morgan fingerprint density at radius 3 is 2.30 bits per heavy atom. The van der Waals surface area contributed by atoms with E-state index in [4.69, 9.17) is 49.5 Å². The van der Waals surface area contributed by atoms with Crippen LogP contribution in [0.1, 0.15) is 0 Å². The SMILES string of the molecule is Clc1ccc(-c2c(Oc3ccccn3)nc(-c3ccc[nH]3)nc2-c2ccc(Cl)cc2Cl)cc1. The maximum absolute atomic E-state index is 6.61. The first-order valence-corrected chi connectivity index (χ1v) is 11.1. The molecule has 8 heteroatoms. The first-order valence-electron chi connectivity index (χ1n) is 9.94. The molecule has 0 atom stereocenters. The standard InChI is InChI=1S/C25H15Cl3N4O/c26-16-8-6-15(7-9-16)22-23(18-11-10-17(27)14-19(18)28)31-24(20-4-3-13-29-20)32-25(22)33-21-5-1-2-12-30-21/h1-14,29H. The molecule has 0 unspecified atom stereocenters. The maximum atomic E-state index is 6.61. The largest absolute Gasteiger partial charge is 0.420 e. The maximum Gasteiger partial charge on any atom is 0.233 e. The molecule has 0 aliphatic heterocycles. The predicted octanol–water partition coefficient (Wildman–Crippen LogP) is 7.95. The Kier molecular flexibility index (Phi) is 6.01. The van der Waals surface area contributed by atoms with Gasteiger partial charge in [0, 0.05) is 34.1 Å². The van der Waals surface area contributed by atoms with Gasteiger partial charge in [0.1, 0.15) is 0 Å². The second-order valence-electron chi connectivity index (χ2n) is 7.06. The van der Waals surface area contributed by atoms with Gasteiger partial charge in [0.05, 0.1) is 22.0 Å². The molecule has 162 valence electrons. The number of aromatic amines is 1.